The maximum Gasteiger partial charge on any atom is 0.220 e. The Morgan fingerprint density at radius 1 is 1.08 bits per heavy atom. The molecule has 6 nitrogen and oxygen atoms in total. The molecular weight excluding hydrogens is 326 g/mol. The van der Waals surface area contributed by atoms with Crippen molar-refractivity contribution in [1.82, 2.24) is 9.62 Å². The first kappa shape index (κ1) is 18.1. The van der Waals surface area contributed by atoms with E-state index in [0.717, 1.165) is 25.7 Å². The van der Waals surface area contributed by atoms with Gasteiger partial charge in [-0.3, -0.25) is 4.79 Å². The highest BCUT2D eigenvalue weighted by Gasteiger charge is 2.41. The Labute approximate surface area is 145 Å². The van der Waals surface area contributed by atoms with Crippen LogP contribution in [0.4, 0.5) is 0 Å². The average Bonchev–Trinajstić information content (AvgIpc) is 3.41. The minimum atomic E-state index is -3.07. The van der Waals surface area contributed by atoms with E-state index in [1.165, 1.54) is 19.3 Å². The second-order valence-electron chi connectivity index (χ2n) is 7.93. The molecule has 138 valence electrons. The summed E-state index contributed by atoms with van der Waals surface area (Å²) >= 11 is 0. The van der Waals surface area contributed by atoms with Gasteiger partial charge < -0.3 is 11.1 Å². The van der Waals surface area contributed by atoms with Crippen molar-refractivity contribution in [3.8, 4) is 0 Å². The molecule has 0 aromatic rings. The van der Waals surface area contributed by atoms with E-state index in [1.54, 1.807) is 4.31 Å². The Morgan fingerprint density at radius 3 is 2.25 bits per heavy atom. The summed E-state index contributed by atoms with van der Waals surface area (Å²) in [5.74, 6) is 0.0888. The molecule has 3 rings (SSSR count). The van der Waals surface area contributed by atoms with Gasteiger partial charge in [-0.05, 0) is 50.5 Å². The zero-order chi connectivity index (χ0) is 17.2. The van der Waals surface area contributed by atoms with Gasteiger partial charge in [0.05, 0.1) is 5.25 Å². The Morgan fingerprint density at radius 2 is 1.71 bits per heavy atom. The first-order valence-corrected chi connectivity index (χ1v) is 10.9. The first-order valence-electron chi connectivity index (χ1n) is 9.44. The molecule has 3 fully saturated rings. The van der Waals surface area contributed by atoms with Crippen LogP contribution in [-0.2, 0) is 14.8 Å². The molecule has 3 aliphatic rings. The Balaban J connectivity index is 1.46. The van der Waals surface area contributed by atoms with E-state index in [-0.39, 0.29) is 22.6 Å². The summed E-state index contributed by atoms with van der Waals surface area (Å²) in [4.78, 5) is 12.4. The summed E-state index contributed by atoms with van der Waals surface area (Å²) < 4.78 is 26.1. The largest absolute Gasteiger partial charge is 0.353 e. The van der Waals surface area contributed by atoms with Crippen molar-refractivity contribution < 1.29 is 13.2 Å². The predicted octanol–water partition coefficient (Wildman–Crippen LogP) is 1.36. The van der Waals surface area contributed by atoms with Crippen molar-refractivity contribution >= 4 is 15.9 Å². The number of nitrogens with two attached hydrogens (primary N) is 1. The molecule has 0 bridgehead atoms. The summed E-state index contributed by atoms with van der Waals surface area (Å²) in [6.45, 7) is 1.65. The number of hydrogen-bond donors (Lipinski definition) is 2. The topological polar surface area (TPSA) is 92.5 Å². The van der Waals surface area contributed by atoms with Gasteiger partial charge in [-0.1, -0.05) is 19.3 Å². The summed E-state index contributed by atoms with van der Waals surface area (Å²) in [7, 11) is -3.07. The van der Waals surface area contributed by atoms with Crippen LogP contribution < -0.4 is 11.1 Å². The van der Waals surface area contributed by atoms with Crippen LogP contribution in [0.5, 0.6) is 0 Å². The van der Waals surface area contributed by atoms with Crippen LogP contribution in [0.25, 0.3) is 0 Å². The number of piperidine rings is 1. The number of rotatable bonds is 6. The molecule has 0 unspecified atom stereocenters. The summed E-state index contributed by atoms with van der Waals surface area (Å²) in [5, 5.41) is 2.99. The number of sulfonamides is 1. The Bertz CT molecular complexity index is 545. The number of nitrogens with one attached hydrogen (secondary N) is 1. The maximum atomic E-state index is 12.4. The highest BCUT2D eigenvalue weighted by Crippen LogP contribution is 2.38. The van der Waals surface area contributed by atoms with Crippen LogP contribution >= 0.6 is 0 Å². The quantitative estimate of drug-likeness (QED) is 0.751. The first-order chi connectivity index (χ1) is 11.5. The normalized spacial score (nSPS) is 26.2. The molecule has 1 amide bonds. The van der Waals surface area contributed by atoms with E-state index in [1.807, 2.05) is 0 Å². The third-order valence-corrected chi connectivity index (χ3v) is 8.41. The van der Waals surface area contributed by atoms with Gasteiger partial charge in [0.1, 0.15) is 0 Å². The van der Waals surface area contributed by atoms with Crippen molar-refractivity contribution in [3.63, 3.8) is 0 Å². The fraction of sp³-hybridized carbons (Fsp3) is 0.941. The van der Waals surface area contributed by atoms with E-state index < -0.39 is 10.0 Å². The predicted molar refractivity (Wildman–Crippen MR) is 93.9 cm³/mol. The van der Waals surface area contributed by atoms with Gasteiger partial charge in [-0.2, -0.15) is 0 Å². The Hall–Kier alpha value is -0.660. The van der Waals surface area contributed by atoms with Crippen molar-refractivity contribution in [2.45, 2.75) is 75.5 Å². The van der Waals surface area contributed by atoms with Gasteiger partial charge in [0, 0.05) is 25.6 Å². The molecule has 2 saturated carbocycles. The molecule has 24 heavy (non-hydrogen) atoms. The van der Waals surface area contributed by atoms with Crippen molar-refractivity contribution in [2.24, 2.45) is 11.1 Å². The highest BCUT2D eigenvalue weighted by molar-refractivity contribution is 7.90. The van der Waals surface area contributed by atoms with Crippen LogP contribution in [0.2, 0.25) is 0 Å². The van der Waals surface area contributed by atoms with E-state index in [2.05, 4.69) is 5.32 Å². The van der Waals surface area contributed by atoms with Crippen molar-refractivity contribution in [2.75, 3.05) is 19.6 Å². The fourth-order valence-corrected chi connectivity index (χ4v) is 6.08. The monoisotopic (exact) mass is 357 g/mol. The Kier molecular flexibility index (Phi) is 5.52. The van der Waals surface area contributed by atoms with Crippen molar-refractivity contribution in [1.29, 1.82) is 0 Å². The highest BCUT2D eigenvalue weighted by atomic mass is 32.2. The van der Waals surface area contributed by atoms with Crippen LogP contribution in [0.1, 0.15) is 64.2 Å². The lowest BCUT2D eigenvalue weighted by molar-refractivity contribution is -0.124. The summed E-state index contributed by atoms with van der Waals surface area (Å²) in [6, 6.07) is 0.0987. The molecule has 0 aromatic carbocycles. The lowest BCUT2D eigenvalue weighted by Crippen LogP contribution is -2.48. The third-order valence-electron chi connectivity index (χ3n) is 6.01. The number of carbonyl (C=O) groups is 1. The second kappa shape index (κ2) is 7.30. The van der Waals surface area contributed by atoms with Gasteiger partial charge in [0.25, 0.3) is 0 Å². The van der Waals surface area contributed by atoms with Gasteiger partial charge in [0.15, 0.2) is 0 Å². The van der Waals surface area contributed by atoms with E-state index in [4.69, 9.17) is 5.73 Å². The molecule has 0 spiro atoms. The van der Waals surface area contributed by atoms with Gasteiger partial charge in [-0.15, -0.1) is 0 Å². The lowest BCUT2D eigenvalue weighted by atomic mass is 9.71. The zero-order valence-corrected chi connectivity index (χ0v) is 15.3. The van der Waals surface area contributed by atoms with Crippen LogP contribution in [0.3, 0.4) is 0 Å². The SMILES string of the molecule is NCC1(CC(=O)NC2CCN(S(=O)(=O)C3CC3)CC2)CCCCC1. The average molecular weight is 358 g/mol. The van der Waals surface area contributed by atoms with Gasteiger partial charge in [-0.25, -0.2) is 12.7 Å². The minimum Gasteiger partial charge on any atom is -0.353 e. The molecular formula is C17H31N3O3S. The van der Waals surface area contributed by atoms with E-state index >= 15 is 0 Å². The maximum absolute atomic E-state index is 12.4. The fourth-order valence-electron chi connectivity index (χ4n) is 4.21. The number of carbonyl (C=O) groups excluding carboxylic acids is 1. The minimum absolute atomic E-state index is 0.0155. The molecule has 0 aromatic heterocycles. The van der Waals surface area contributed by atoms with E-state index in [9.17, 15) is 13.2 Å². The van der Waals surface area contributed by atoms with Crippen LogP contribution in [-0.4, -0.2) is 49.6 Å². The van der Waals surface area contributed by atoms with Crippen LogP contribution in [0.15, 0.2) is 0 Å². The molecule has 0 radical (unpaired) electrons. The standard InChI is InChI=1S/C17H31N3O3S/c18-13-17(8-2-1-3-9-17)12-16(21)19-14-6-10-20(11-7-14)24(22,23)15-4-5-15/h14-15H,1-13,18H2,(H,19,21). The van der Waals surface area contributed by atoms with Crippen LogP contribution in [0, 0.1) is 5.41 Å². The van der Waals surface area contributed by atoms with Crippen molar-refractivity contribution in [3.05, 3.63) is 0 Å². The number of nitrogens with zero attached hydrogens (tertiary/aromatic N) is 1. The molecule has 2 aliphatic carbocycles. The molecule has 7 heteroatoms. The third kappa shape index (κ3) is 4.11. The summed E-state index contributed by atoms with van der Waals surface area (Å²) in [5.41, 5.74) is 5.95. The van der Waals surface area contributed by atoms with E-state index in [0.29, 0.717) is 38.9 Å². The molecule has 3 N–H and O–H groups in total. The smallest absolute Gasteiger partial charge is 0.220 e. The molecule has 1 heterocycles. The molecule has 1 saturated heterocycles. The van der Waals surface area contributed by atoms with Gasteiger partial charge in [0.2, 0.25) is 15.9 Å². The zero-order valence-electron chi connectivity index (χ0n) is 14.5. The molecule has 1 aliphatic heterocycles. The summed E-state index contributed by atoms with van der Waals surface area (Å²) in [6.07, 6.45) is 9.25. The number of hydrogen-bond acceptors (Lipinski definition) is 4. The molecule has 0 atom stereocenters. The second-order valence-corrected chi connectivity index (χ2v) is 10.1. The number of amides is 1. The van der Waals surface area contributed by atoms with Gasteiger partial charge >= 0.3 is 0 Å². The lowest BCUT2D eigenvalue weighted by Gasteiger charge is -2.37.